The number of rotatable bonds is 6. The van der Waals surface area contributed by atoms with Crippen molar-refractivity contribution in [2.45, 2.75) is 19.4 Å². The van der Waals surface area contributed by atoms with Crippen LogP contribution in [0.15, 0.2) is 66.2 Å². The number of carbonyl (C=O) groups is 1. The second-order valence-electron chi connectivity index (χ2n) is 9.03. The van der Waals surface area contributed by atoms with Crippen LogP contribution in [-0.4, -0.2) is 28.4 Å². The average Bonchev–Trinajstić information content (AvgIpc) is 3.64. The Morgan fingerprint density at radius 1 is 0.923 bits per heavy atom. The number of ether oxygens (including phenoxy) is 1. The van der Waals surface area contributed by atoms with Crippen molar-refractivity contribution in [2.24, 2.45) is 0 Å². The summed E-state index contributed by atoms with van der Waals surface area (Å²) in [7, 11) is 0. The third-order valence-corrected chi connectivity index (χ3v) is 9.67. The van der Waals surface area contributed by atoms with Crippen LogP contribution in [0.4, 0.5) is 5.69 Å². The maximum atomic E-state index is 13.7. The predicted molar refractivity (Wildman–Crippen MR) is 160 cm³/mol. The Bertz CT molecular complexity index is 1730. The summed E-state index contributed by atoms with van der Waals surface area (Å²) in [5, 5.41) is 2.09. The molecule has 5 aromatic rings. The molecule has 198 valence electrons. The summed E-state index contributed by atoms with van der Waals surface area (Å²) in [6.07, 6.45) is 1.90. The van der Waals surface area contributed by atoms with Crippen molar-refractivity contribution in [3.05, 3.63) is 109 Å². The number of benzene rings is 3. The van der Waals surface area contributed by atoms with Crippen molar-refractivity contribution < 1.29 is 9.53 Å². The molecule has 3 heterocycles. The van der Waals surface area contributed by atoms with Gasteiger partial charge >= 0.3 is 5.97 Å². The number of hydrogen-bond donors (Lipinski definition) is 0. The van der Waals surface area contributed by atoms with Gasteiger partial charge in [0, 0.05) is 47.0 Å². The molecule has 1 aliphatic heterocycles. The topological polar surface area (TPSA) is 46.8 Å². The molecule has 1 unspecified atom stereocenters. The number of halogens is 4. The zero-order valence-electron chi connectivity index (χ0n) is 20.8. The van der Waals surface area contributed by atoms with E-state index < -0.39 is 11.6 Å². The molecule has 2 aromatic heterocycles. The van der Waals surface area contributed by atoms with E-state index in [4.69, 9.17) is 56.1 Å². The molecular weight excluding hydrogens is 596 g/mol. The van der Waals surface area contributed by atoms with Gasteiger partial charge in [-0.2, -0.15) is 0 Å². The fourth-order valence-electron chi connectivity index (χ4n) is 5.32. The molecule has 10 heteroatoms. The first-order valence-electron chi connectivity index (χ1n) is 12.3. The van der Waals surface area contributed by atoms with Crippen LogP contribution in [0.25, 0.3) is 16.2 Å². The second kappa shape index (κ2) is 10.0. The molecule has 0 spiro atoms. The van der Waals surface area contributed by atoms with Gasteiger partial charge in [0.1, 0.15) is 5.69 Å². The smallest absolute Gasteiger partial charge is 0.341 e. The van der Waals surface area contributed by atoms with Crippen molar-refractivity contribution in [3.8, 4) is 11.3 Å². The number of thiazole rings is 1. The number of carbonyl (C=O) groups excluding carboxylic acids is 1. The van der Waals surface area contributed by atoms with Crippen LogP contribution in [0.3, 0.4) is 0 Å². The Labute approximate surface area is 249 Å². The Morgan fingerprint density at radius 2 is 1.59 bits per heavy atom. The first-order valence-corrected chi connectivity index (χ1v) is 14.7. The van der Waals surface area contributed by atoms with Gasteiger partial charge in [0.15, 0.2) is 4.96 Å². The number of fused-ring (bicyclic) bond motifs is 2. The maximum Gasteiger partial charge on any atom is 0.341 e. The van der Waals surface area contributed by atoms with Crippen molar-refractivity contribution in [2.75, 3.05) is 18.0 Å². The number of aromatic nitrogens is 2. The number of cyclic esters (lactones) is 1. The monoisotopic (exact) mass is 615 g/mol. The molecule has 3 aromatic carbocycles. The third-order valence-electron chi connectivity index (χ3n) is 7.11. The van der Waals surface area contributed by atoms with Gasteiger partial charge in [-0.1, -0.05) is 88.9 Å². The van der Waals surface area contributed by atoms with Gasteiger partial charge in [-0.25, -0.2) is 9.78 Å². The van der Waals surface area contributed by atoms with Crippen LogP contribution in [0, 0.1) is 0 Å². The van der Waals surface area contributed by atoms with Crippen LogP contribution < -0.4 is 4.90 Å². The van der Waals surface area contributed by atoms with E-state index in [0.29, 0.717) is 22.5 Å². The normalized spacial score (nSPS) is 16.5. The van der Waals surface area contributed by atoms with Gasteiger partial charge in [-0.05, 0) is 26.0 Å². The first kappa shape index (κ1) is 26.5. The molecule has 0 saturated carbocycles. The maximum absolute atomic E-state index is 13.7. The summed E-state index contributed by atoms with van der Waals surface area (Å²) in [5.74, 6) is -0.646. The number of hydrogen-bond acceptors (Lipinski definition) is 5. The summed E-state index contributed by atoms with van der Waals surface area (Å²) in [6.45, 7) is 5.91. The fourth-order valence-corrected chi connectivity index (χ4v) is 7.09. The van der Waals surface area contributed by atoms with E-state index in [1.165, 1.54) is 11.3 Å². The molecule has 1 atom stereocenters. The van der Waals surface area contributed by atoms with Gasteiger partial charge in [0.05, 0.1) is 31.3 Å². The van der Waals surface area contributed by atoms with Crippen molar-refractivity contribution in [1.82, 2.24) is 9.38 Å². The Morgan fingerprint density at radius 3 is 2.26 bits per heavy atom. The quantitative estimate of drug-likeness (QED) is 0.108. The lowest BCUT2D eigenvalue weighted by atomic mass is 9.80. The van der Waals surface area contributed by atoms with E-state index in [1.807, 2.05) is 70.6 Å². The highest BCUT2D eigenvalue weighted by molar-refractivity contribution is 7.15. The van der Waals surface area contributed by atoms with E-state index in [2.05, 4.69) is 18.7 Å². The minimum absolute atomic E-state index is 0.0000387. The second-order valence-corrected chi connectivity index (χ2v) is 11.4. The van der Waals surface area contributed by atoms with E-state index in [1.54, 1.807) is 0 Å². The first-order chi connectivity index (χ1) is 18.8. The summed E-state index contributed by atoms with van der Waals surface area (Å²) in [4.78, 5) is 21.6. The minimum atomic E-state index is -1.52. The molecule has 1 aliphatic rings. The van der Waals surface area contributed by atoms with E-state index in [0.717, 1.165) is 29.3 Å². The average molecular weight is 617 g/mol. The van der Waals surface area contributed by atoms with Crippen molar-refractivity contribution in [3.63, 3.8) is 0 Å². The lowest BCUT2D eigenvalue weighted by molar-refractivity contribution is 0.0239. The number of imidazole rings is 1. The van der Waals surface area contributed by atoms with Gasteiger partial charge in [0.2, 0.25) is 5.60 Å². The SMILES string of the molecule is CCN(CC)c1ccc(C2(c3c(-c4ccccc4)nc4sccn34)OC(=O)c3c(Cl)c(Cl)c(Cl)c(Cl)c32)cc1. The zero-order valence-corrected chi connectivity index (χ0v) is 24.7. The molecule has 0 saturated heterocycles. The lowest BCUT2D eigenvalue weighted by Crippen LogP contribution is -2.32. The largest absolute Gasteiger partial charge is 0.439 e. The molecule has 0 radical (unpaired) electrons. The molecule has 0 aliphatic carbocycles. The van der Waals surface area contributed by atoms with Crippen LogP contribution in [-0.2, 0) is 10.3 Å². The predicted octanol–water partition coefficient (Wildman–Crippen LogP) is 8.98. The van der Waals surface area contributed by atoms with E-state index in [-0.39, 0.29) is 25.7 Å². The Kier molecular flexibility index (Phi) is 6.81. The molecule has 6 rings (SSSR count). The van der Waals surface area contributed by atoms with E-state index >= 15 is 0 Å². The van der Waals surface area contributed by atoms with Gasteiger partial charge in [-0.15, -0.1) is 11.3 Å². The van der Waals surface area contributed by atoms with Crippen LogP contribution in [0.5, 0.6) is 0 Å². The summed E-state index contributed by atoms with van der Waals surface area (Å²) in [6, 6.07) is 17.7. The number of nitrogens with zero attached hydrogens (tertiary/aromatic N) is 3. The standard InChI is InChI=1S/C29H21Cl4N3O2S/c1-3-35(4-2)18-12-10-17(11-13-18)29(20-19(27(37)38-29)21(30)23(32)24(33)22(20)31)26-25(16-8-6-5-7-9-16)34-28-36(26)14-15-39-28/h5-15H,3-4H2,1-2H3. The highest BCUT2D eigenvalue weighted by Crippen LogP contribution is 2.57. The molecule has 39 heavy (non-hydrogen) atoms. The molecular formula is C29H21Cl4N3O2S. The van der Waals surface area contributed by atoms with Crippen LogP contribution in [0.1, 0.15) is 41.0 Å². The highest BCUT2D eigenvalue weighted by atomic mass is 35.5. The highest BCUT2D eigenvalue weighted by Gasteiger charge is 2.55. The van der Waals surface area contributed by atoms with Crippen LogP contribution in [0.2, 0.25) is 20.1 Å². The Balaban J connectivity index is 1.75. The molecule has 0 bridgehead atoms. The third kappa shape index (κ3) is 3.88. The molecule has 0 amide bonds. The summed E-state index contributed by atoms with van der Waals surface area (Å²) >= 11 is 28.1. The van der Waals surface area contributed by atoms with Gasteiger partial charge < -0.3 is 9.64 Å². The lowest BCUT2D eigenvalue weighted by Gasteiger charge is -2.32. The Hall–Kier alpha value is -2.74. The summed E-state index contributed by atoms with van der Waals surface area (Å²) < 4.78 is 8.35. The molecule has 0 fully saturated rings. The zero-order chi connectivity index (χ0) is 27.5. The molecule has 5 nitrogen and oxygen atoms in total. The fraction of sp³-hybridized carbons (Fsp3) is 0.172. The van der Waals surface area contributed by atoms with Gasteiger partial charge in [0.25, 0.3) is 0 Å². The van der Waals surface area contributed by atoms with Crippen LogP contribution >= 0.6 is 57.7 Å². The minimum Gasteiger partial charge on any atom is -0.439 e. The van der Waals surface area contributed by atoms with Crippen molar-refractivity contribution in [1.29, 1.82) is 0 Å². The van der Waals surface area contributed by atoms with Crippen molar-refractivity contribution >= 4 is 74.4 Å². The summed E-state index contributed by atoms with van der Waals surface area (Å²) in [5.41, 5.74) is 2.75. The van der Waals surface area contributed by atoms with E-state index in [9.17, 15) is 4.79 Å². The number of esters is 1. The number of anilines is 1. The molecule has 0 N–H and O–H groups in total. The van der Waals surface area contributed by atoms with Gasteiger partial charge in [-0.3, -0.25) is 4.40 Å².